The topological polar surface area (TPSA) is 56.1 Å². The van der Waals surface area contributed by atoms with E-state index in [0.29, 0.717) is 6.41 Å². The molecule has 1 unspecified atom stereocenters. The smallest absolute Gasteiger partial charge is 0.211 e. The van der Waals surface area contributed by atoms with Gasteiger partial charge in [0.2, 0.25) is 6.41 Å². The van der Waals surface area contributed by atoms with Crippen LogP contribution in [0.1, 0.15) is 12.0 Å². The van der Waals surface area contributed by atoms with Crippen LogP contribution in [0, 0.1) is 0 Å². The number of fused-ring (bicyclic) bond motifs is 1. The lowest BCUT2D eigenvalue weighted by molar-refractivity contribution is -0.105. The third-order valence-electron chi connectivity index (χ3n) is 4.93. The zero-order valence-electron chi connectivity index (χ0n) is 16.1. The molecule has 5 heteroatoms. The van der Waals surface area contributed by atoms with E-state index < -0.39 is 0 Å². The van der Waals surface area contributed by atoms with Crippen LogP contribution in [0.3, 0.4) is 0 Å². The zero-order chi connectivity index (χ0) is 19.9. The van der Waals surface area contributed by atoms with Gasteiger partial charge < -0.3 is 14.6 Å². The molecule has 0 bridgehead atoms. The summed E-state index contributed by atoms with van der Waals surface area (Å²) in [6.07, 6.45) is 8.01. The van der Waals surface area contributed by atoms with Gasteiger partial charge in [-0.1, -0.05) is 42.5 Å². The first-order valence-corrected chi connectivity index (χ1v) is 9.70. The van der Waals surface area contributed by atoms with Gasteiger partial charge in [-0.15, -0.1) is 0 Å². The zero-order valence-corrected chi connectivity index (χ0v) is 16.1. The van der Waals surface area contributed by atoms with Gasteiger partial charge >= 0.3 is 0 Å². The fourth-order valence-electron chi connectivity index (χ4n) is 3.43. The Morgan fingerprint density at radius 1 is 1.03 bits per heavy atom. The standard InChI is InChI=1S/C24H23N3O2/c28-18-26-22-8-11-23(12-9-22)29-24(16-27-14-13-25-17-27)10-6-19-5-7-20-3-1-2-4-21(20)15-19/h1-5,7-9,11-15,17-18,24H,6,10,16H2,(H,26,28). The summed E-state index contributed by atoms with van der Waals surface area (Å²) in [5, 5.41) is 5.15. The lowest BCUT2D eigenvalue weighted by Crippen LogP contribution is -2.23. The van der Waals surface area contributed by atoms with Crippen molar-refractivity contribution in [2.24, 2.45) is 0 Å². The van der Waals surface area contributed by atoms with Crippen molar-refractivity contribution in [3.8, 4) is 5.75 Å². The minimum Gasteiger partial charge on any atom is -0.489 e. The van der Waals surface area contributed by atoms with Gasteiger partial charge in [0.05, 0.1) is 12.9 Å². The fourth-order valence-corrected chi connectivity index (χ4v) is 3.43. The van der Waals surface area contributed by atoms with E-state index in [1.54, 1.807) is 6.20 Å². The molecule has 0 aliphatic heterocycles. The Bertz CT molecular complexity index is 1060. The molecule has 1 N–H and O–H groups in total. The first kappa shape index (κ1) is 18.7. The number of benzene rings is 3. The molecule has 1 heterocycles. The number of hydrogen-bond donors (Lipinski definition) is 1. The van der Waals surface area contributed by atoms with E-state index in [1.807, 2.05) is 41.4 Å². The Kier molecular flexibility index (Phi) is 5.86. The summed E-state index contributed by atoms with van der Waals surface area (Å²) in [6.45, 7) is 0.724. The van der Waals surface area contributed by atoms with Crippen LogP contribution >= 0.6 is 0 Å². The molecule has 0 aliphatic carbocycles. The van der Waals surface area contributed by atoms with Crippen molar-refractivity contribution in [1.82, 2.24) is 9.55 Å². The van der Waals surface area contributed by atoms with E-state index in [4.69, 9.17) is 4.74 Å². The number of carbonyl (C=O) groups excluding carboxylic acids is 1. The largest absolute Gasteiger partial charge is 0.489 e. The molecule has 0 spiro atoms. The first-order chi connectivity index (χ1) is 14.3. The van der Waals surface area contributed by atoms with Gasteiger partial charge in [0.1, 0.15) is 11.9 Å². The monoisotopic (exact) mass is 385 g/mol. The van der Waals surface area contributed by atoms with Crippen LogP contribution in [0.4, 0.5) is 5.69 Å². The number of aromatic nitrogens is 2. The molecule has 0 radical (unpaired) electrons. The Morgan fingerprint density at radius 3 is 2.62 bits per heavy atom. The van der Waals surface area contributed by atoms with Crippen molar-refractivity contribution >= 4 is 22.9 Å². The molecule has 0 fully saturated rings. The number of anilines is 1. The maximum atomic E-state index is 10.6. The van der Waals surface area contributed by atoms with Crippen molar-refractivity contribution in [2.75, 3.05) is 5.32 Å². The second kappa shape index (κ2) is 9.06. The molecule has 5 nitrogen and oxygen atoms in total. The quantitative estimate of drug-likeness (QED) is 0.426. The van der Waals surface area contributed by atoms with E-state index in [2.05, 4.69) is 52.8 Å². The molecule has 1 atom stereocenters. The summed E-state index contributed by atoms with van der Waals surface area (Å²) in [6, 6.07) is 22.5. The van der Waals surface area contributed by atoms with Crippen LogP contribution in [0.25, 0.3) is 10.8 Å². The highest BCUT2D eigenvalue weighted by atomic mass is 16.5. The van der Waals surface area contributed by atoms with Crippen molar-refractivity contribution in [3.63, 3.8) is 0 Å². The predicted molar refractivity (Wildman–Crippen MR) is 115 cm³/mol. The van der Waals surface area contributed by atoms with Crippen LogP contribution < -0.4 is 10.1 Å². The van der Waals surface area contributed by atoms with Gasteiger partial charge in [0, 0.05) is 18.1 Å². The number of nitrogens with zero attached hydrogens (tertiary/aromatic N) is 2. The number of rotatable bonds is 9. The molecule has 1 amide bonds. The van der Waals surface area contributed by atoms with E-state index >= 15 is 0 Å². The average molecular weight is 385 g/mol. The van der Waals surface area contributed by atoms with E-state index in [1.165, 1.54) is 16.3 Å². The van der Waals surface area contributed by atoms with Crippen LogP contribution in [-0.4, -0.2) is 22.1 Å². The van der Waals surface area contributed by atoms with E-state index in [0.717, 1.165) is 30.8 Å². The highest BCUT2D eigenvalue weighted by Crippen LogP contribution is 2.21. The predicted octanol–water partition coefficient (Wildman–Crippen LogP) is 4.69. The van der Waals surface area contributed by atoms with Crippen LogP contribution in [-0.2, 0) is 17.8 Å². The summed E-state index contributed by atoms with van der Waals surface area (Å²) in [4.78, 5) is 14.7. The van der Waals surface area contributed by atoms with Crippen LogP contribution in [0.15, 0.2) is 85.5 Å². The van der Waals surface area contributed by atoms with Crippen molar-refractivity contribution in [3.05, 3.63) is 91.0 Å². The molecule has 0 aliphatic rings. The highest BCUT2D eigenvalue weighted by Gasteiger charge is 2.12. The Hall–Kier alpha value is -3.60. The number of aryl methyl sites for hydroxylation is 1. The summed E-state index contributed by atoms with van der Waals surface area (Å²) in [5.74, 6) is 0.782. The van der Waals surface area contributed by atoms with Gasteiger partial charge in [-0.25, -0.2) is 4.98 Å². The summed E-state index contributed by atoms with van der Waals surface area (Å²) < 4.78 is 8.30. The number of imidazole rings is 1. The minimum absolute atomic E-state index is 0.000510. The molecule has 4 rings (SSSR count). The normalized spacial score (nSPS) is 11.9. The number of amides is 1. The highest BCUT2D eigenvalue weighted by molar-refractivity contribution is 5.83. The molecular weight excluding hydrogens is 362 g/mol. The molecule has 0 saturated heterocycles. The molecular formula is C24H23N3O2. The molecule has 29 heavy (non-hydrogen) atoms. The van der Waals surface area contributed by atoms with Gasteiger partial charge in [-0.2, -0.15) is 0 Å². The molecule has 3 aromatic carbocycles. The Labute approximate surface area is 170 Å². The summed E-state index contributed by atoms with van der Waals surface area (Å²) in [5.41, 5.74) is 2.04. The van der Waals surface area contributed by atoms with Crippen molar-refractivity contribution in [1.29, 1.82) is 0 Å². The SMILES string of the molecule is O=CNc1ccc(OC(CCc2ccc3ccccc3c2)Cn2ccnc2)cc1. The van der Waals surface area contributed by atoms with E-state index in [9.17, 15) is 4.79 Å². The van der Waals surface area contributed by atoms with Crippen molar-refractivity contribution < 1.29 is 9.53 Å². The Balaban J connectivity index is 1.46. The summed E-state index contributed by atoms with van der Waals surface area (Å²) in [7, 11) is 0. The van der Waals surface area contributed by atoms with Gasteiger partial charge in [0.15, 0.2) is 0 Å². The van der Waals surface area contributed by atoms with Crippen molar-refractivity contribution in [2.45, 2.75) is 25.5 Å². The Morgan fingerprint density at radius 2 is 1.86 bits per heavy atom. The average Bonchev–Trinajstić information content (AvgIpc) is 3.26. The number of carbonyl (C=O) groups is 1. The van der Waals surface area contributed by atoms with Gasteiger partial charge in [-0.3, -0.25) is 4.79 Å². The third kappa shape index (κ3) is 5.02. The van der Waals surface area contributed by atoms with Crippen LogP contribution in [0.5, 0.6) is 5.75 Å². The molecule has 4 aromatic rings. The summed E-state index contributed by atoms with van der Waals surface area (Å²) >= 11 is 0. The molecule has 0 saturated carbocycles. The molecule has 1 aromatic heterocycles. The second-order valence-corrected chi connectivity index (χ2v) is 7.01. The maximum absolute atomic E-state index is 10.6. The maximum Gasteiger partial charge on any atom is 0.211 e. The van der Waals surface area contributed by atoms with Gasteiger partial charge in [-0.05, 0) is 53.4 Å². The molecule has 146 valence electrons. The number of nitrogens with one attached hydrogen (secondary N) is 1. The number of hydrogen-bond acceptors (Lipinski definition) is 3. The third-order valence-corrected chi connectivity index (χ3v) is 4.93. The first-order valence-electron chi connectivity index (χ1n) is 9.70. The minimum atomic E-state index is 0.000510. The van der Waals surface area contributed by atoms with Crippen LogP contribution in [0.2, 0.25) is 0 Å². The van der Waals surface area contributed by atoms with E-state index in [-0.39, 0.29) is 6.10 Å². The lowest BCUT2D eigenvalue weighted by Gasteiger charge is -2.20. The number of ether oxygens (including phenoxy) is 1. The lowest BCUT2D eigenvalue weighted by atomic mass is 10.0. The van der Waals surface area contributed by atoms with Gasteiger partial charge in [0.25, 0.3) is 0 Å². The second-order valence-electron chi connectivity index (χ2n) is 7.01. The fraction of sp³-hybridized carbons (Fsp3) is 0.167.